The van der Waals surface area contributed by atoms with Crippen LogP contribution in [0.4, 0.5) is 0 Å². The Morgan fingerprint density at radius 3 is 1.67 bits per heavy atom. The number of hydrogen-bond donors (Lipinski definition) is 0. The molecule has 2 aliphatic rings. The van der Waals surface area contributed by atoms with Crippen molar-refractivity contribution in [2.45, 2.75) is 44.6 Å². The topological polar surface area (TPSA) is 23.8 Å². The van der Waals surface area contributed by atoms with Crippen LogP contribution in [0.1, 0.15) is 38.5 Å². The molecule has 1 fully saturated rings. The van der Waals surface area contributed by atoms with Crippen molar-refractivity contribution in [1.82, 2.24) is 0 Å². The first kappa shape index (κ1) is 31.0. The molecule has 0 aromatic rings. The second-order valence-corrected chi connectivity index (χ2v) is 3.34. The normalized spacial score (nSPS) is 14.9. The second kappa shape index (κ2) is 26.0. The van der Waals surface area contributed by atoms with Crippen LogP contribution in [0, 0.1) is 35.8 Å². The van der Waals surface area contributed by atoms with Crippen molar-refractivity contribution in [3.05, 3.63) is 59.7 Å². The van der Waals surface area contributed by atoms with Crippen LogP contribution < -0.4 is 0 Å². The molecule has 0 amide bonds. The van der Waals surface area contributed by atoms with Gasteiger partial charge in [-0.25, -0.2) is 12.2 Å². The summed E-state index contributed by atoms with van der Waals surface area (Å²) in [6.07, 6.45) is 16.3. The second-order valence-electron chi connectivity index (χ2n) is 3.34. The molecule has 0 spiro atoms. The summed E-state index contributed by atoms with van der Waals surface area (Å²) in [6.45, 7) is 0. The molecule has 18 heavy (non-hydrogen) atoms. The average molecular weight is 301 g/mol. The zero-order chi connectivity index (χ0) is 10.6. The molecule has 3 heteroatoms. The van der Waals surface area contributed by atoms with Gasteiger partial charge in [0, 0.05) is 0 Å². The van der Waals surface area contributed by atoms with E-state index in [0.717, 1.165) is 19.3 Å². The van der Waals surface area contributed by atoms with Gasteiger partial charge in [0.05, 0.1) is 0 Å². The maximum atomic E-state index is 7.27. The van der Waals surface area contributed by atoms with Crippen molar-refractivity contribution in [2.75, 3.05) is 0 Å². The first-order valence-electron chi connectivity index (χ1n) is 5.18. The van der Waals surface area contributed by atoms with E-state index in [1.807, 2.05) is 39.0 Å². The average Bonchev–Trinajstić information content (AvgIpc) is 2.80. The molecule has 1 saturated carbocycles. The van der Waals surface area contributed by atoms with Crippen molar-refractivity contribution < 1.29 is 19.2 Å². The Morgan fingerprint density at radius 1 is 1.00 bits per heavy atom. The fourth-order valence-electron chi connectivity index (χ4n) is 1.44. The van der Waals surface area contributed by atoms with E-state index in [0.29, 0.717) is 0 Å². The molecule has 1 nitrogen and oxygen atoms in total. The van der Waals surface area contributed by atoms with E-state index in [4.69, 9.17) is 5.73 Å². The van der Waals surface area contributed by atoms with Gasteiger partial charge in [-0.2, -0.15) is 6.08 Å². The Bertz CT molecular complexity index is 165. The van der Waals surface area contributed by atoms with E-state index in [1.54, 1.807) is 0 Å². The monoisotopic (exact) mass is 301 g/mol. The van der Waals surface area contributed by atoms with Gasteiger partial charge in [0.25, 0.3) is 0 Å². The molecule has 0 saturated heterocycles. The Hall–Kier alpha value is 0.371. The van der Waals surface area contributed by atoms with E-state index in [9.17, 15) is 0 Å². The molecule has 0 aliphatic heterocycles. The van der Waals surface area contributed by atoms with Crippen LogP contribution >= 0.6 is 0 Å². The van der Waals surface area contributed by atoms with E-state index < -0.39 is 0 Å². The number of rotatable bonds is 0. The molecule has 0 unspecified atom stereocenters. The quantitative estimate of drug-likeness (QED) is 0.463. The first-order chi connectivity index (χ1) is 6.89. The minimum atomic E-state index is 0. The molecular formula is C15H31NSiTi-6. The Morgan fingerprint density at radius 2 is 1.50 bits per heavy atom. The van der Waals surface area contributed by atoms with Gasteiger partial charge in [0.15, 0.2) is 0 Å². The van der Waals surface area contributed by atoms with Crippen molar-refractivity contribution in [1.29, 1.82) is 0 Å². The van der Waals surface area contributed by atoms with Crippen molar-refractivity contribution in [3.63, 3.8) is 0 Å². The Balaban J connectivity index is -0.0000000470. The van der Waals surface area contributed by atoms with Crippen LogP contribution in [0.2, 0.25) is 0 Å². The van der Waals surface area contributed by atoms with E-state index >= 15 is 0 Å². The molecule has 2 aliphatic carbocycles. The van der Waals surface area contributed by atoms with Crippen LogP contribution in [-0.4, -0.2) is 13.7 Å². The molecule has 0 radical (unpaired) electrons. The number of allylic oxidation sites excluding steroid dienone is 4. The predicted molar refractivity (Wildman–Crippen MR) is 87.0 cm³/mol. The molecule has 0 heterocycles. The van der Waals surface area contributed by atoms with Gasteiger partial charge in [-0.1, -0.05) is 32.1 Å². The van der Waals surface area contributed by atoms with Crippen LogP contribution in [0.25, 0.3) is 5.73 Å². The molecule has 0 bridgehead atoms. The van der Waals surface area contributed by atoms with Gasteiger partial charge in [0.2, 0.25) is 0 Å². The number of nitrogens with one attached hydrogen (secondary N) is 1. The summed E-state index contributed by atoms with van der Waals surface area (Å²) < 4.78 is 0. The molecular weight excluding hydrogens is 270 g/mol. The minimum absolute atomic E-state index is 0. The third-order valence-corrected chi connectivity index (χ3v) is 2.19. The van der Waals surface area contributed by atoms with Gasteiger partial charge in [0.1, 0.15) is 0 Å². The van der Waals surface area contributed by atoms with Crippen LogP contribution in [0.3, 0.4) is 0 Å². The summed E-state index contributed by atoms with van der Waals surface area (Å²) >= 11 is 2.03. The summed E-state index contributed by atoms with van der Waals surface area (Å²) in [7, 11) is 1.86. The van der Waals surface area contributed by atoms with Crippen molar-refractivity contribution in [2.24, 2.45) is 0 Å². The fraction of sp³-hybridized carbons (Fsp3) is 0.467. The Labute approximate surface area is 131 Å². The predicted octanol–water partition coefficient (Wildman–Crippen LogP) is 4.56. The van der Waals surface area contributed by atoms with E-state index in [1.165, 1.54) is 19.3 Å². The SMILES string of the molecule is [C-]1=CC=CC1.[CH3-].[CH3-].[CH3-].[CH3-].[NH-]C1CCCCC1.[SiH2]=[Ti]. The summed E-state index contributed by atoms with van der Waals surface area (Å²) in [6, 6.07) is 0.286. The van der Waals surface area contributed by atoms with E-state index in [-0.39, 0.29) is 35.7 Å². The van der Waals surface area contributed by atoms with Gasteiger partial charge in [-0.05, 0) is 0 Å². The number of hydrogen-bond acceptors (Lipinski definition) is 0. The third kappa shape index (κ3) is 21.6. The van der Waals surface area contributed by atoms with Gasteiger partial charge in [-0.15, -0.1) is 12.5 Å². The zero-order valence-electron chi connectivity index (χ0n) is 12.8. The first-order valence-corrected chi connectivity index (χ1v) is 9.20. The molecule has 0 aromatic heterocycles. The molecule has 110 valence electrons. The standard InChI is InChI=1S/C6H12N.C5H5.4CH3.H2Si.Ti/c7-6-4-2-1-3-5-6;1-2-4-5-3-1;;;;;;/h6-7H,1-5H2;1-3H,4H2;4*1H3;1H2;/q6*-1;;. The maximum absolute atomic E-state index is 7.27. The van der Waals surface area contributed by atoms with Gasteiger partial charge < -0.3 is 35.4 Å². The molecule has 0 atom stereocenters. The zero-order valence-corrected chi connectivity index (χ0v) is 15.7. The molecule has 1 N–H and O–H groups in total. The van der Waals surface area contributed by atoms with Crippen molar-refractivity contribution >= 4 is 7.63 Å². The molecule has 0 aromatic carbocycles. The van der Waals surface area contributed by atoms with Crippen LogP contribution in [0.5, 0.6) is 0 Å². The van der Waals surface area contributed by atoms with E-state index in [2.05, 4.69) is 12.2 Å². The molecule has 2 rings (SSSR count). The van der Waals surface area contributed by atoms with Crippen LogP contribution in [0.15, 0.2) is 18.2 Å². The van der Waals surface area contributed by atoms with Crippen molar-refractivity contribution in [3.8, 4) is 0 Å². The summed E-state index contributed by atoms with van der Waals surface area (Å²) in [5.41, 5.74) is 7.27. The third-order valence-electron chi connectivity index (χ3n) is 2.19. The summed E-state index contributed by atoms with van der Waals surface area (Å²) in [4.78, 5) is 0. The summed E-state index contributed by atoms with van der Waals surface area (Å²) in [5.74, 6) is 0. The van der Waals surface area contributed by atoms with Gasteiger partial charge >= 0.3 is 26.8 Å². The Kier molecular flexibility index (Phi) is 44.9. The van der Waals surface area contributed by atoms with Gasteiger partial charge in [-0.3, -0.25) is 6.08 Å². The van der Waals surface area contributed by atoms with Crippen LogP contribution in [-0.2, 0) is 19.2 Å². The fourth-order valence-corrected chi connectivity index (χ4v) is 1.44. The summed E-state index contributed by atoms with van der Waals surface area (Å²) in [5, 5.41) is 0.